The van der Waals surface area contributed by atoms with Crippen LogP contribution in [0.2, 0.25) is 0 Å². The highest BCUT2D eigenvalue weighted by Crippen LogP contribution is 2.25. The van der Waals surface area contributed by atoms with Crippen LogP contribution >= 0.6 is 11.8 Å². The number of aromatic nitrogens is 3. The fourth-order valence-electron chi connectivity index (χ4n) is 1.83. The molecule has 0 fully saturated rings. The molecule has 1 aromatic heterocycles. The van der Waals surface area contributed by atoms with Gasteiger partial charge in [0.25, 0.3) is 0 Å². The molecular weight excluding hydrogens is 320 g/mol. The lowest BCUT2D eigenvalue weighted by molar-refractivity contribution is 0.607. The number of anilines is 1. The summed E-state index contributed by atoms with van der Waals surface area (Å²) in [6, 6.07) is 7.08. The van der Waals surface area contributed by atoms with E-state index in [1.54, 1.807) is 23.9 Å². The molecule has 0 aliphatic rings. The summed E-state index contributed by atoms with van der Waals surface area (Å²) < 4.78 is 26.8. The van der Waals surface area contributed by atoms with E-state index in [-0.39, 0.29) is 0 Å². The molecule has 0 atom stereocenters. The lowest BCUT2D eigenvalue weighted by atomic mass is 10.2. The molecule has 2 rings (SSSR count). The molecule has 22 heavy (non-hydrogen) atoms. The van der Waals surface area contributed by atoms with Gasteiger partial charge in [0.05, 0.1) is 6.26 Å². The molecule has 0 saturated carbocycles. The topological polar surface area (TPSA) is 76.9 Å². The molecule has 0 amide bonds. The van der Waals surface area contributed by atoms with E-state index in [1.807, 2.05) is 23.7 Å². The summed E-state index contributed by atoms with van der Waals surface area (Å²) in [5.74, 6) is 2.34. The third kappa shape index (κ3) is 4.48. The van der Waals surface area contributed by atoms with Crippen LogP contribution in [0.15, 0.2) is 29.4 Å². The van der Waals surface area contributed by atoms with Gasteiger partial charge in [-0.15, -0.1) is 10.2 Å². The Morgan fingerprint density at radius 2 is 1.86 bits per heavy atom. The molecule has 0 saturated heterocycles. The van der Waals surface area contributed by atoms with E-state index in [0.717, 1.165) is 28.6 Å². The van der Waals surface area contributed by atoms with Crippen LogP contribution in [-0.4, -0.2) is 35.2 Å². The molecule has 1 N–H and O–H groups in total. The molecule has 0 spiro atoms. The highest BCUT2D eigenvalue weighted by atomic mass is 32.2. The fraction of sp³-hybridized carbons (Fsp3) is 0.429. The molecule has 0 aliphatic heterocycles. The van der Waals surface area contributed by atoms with Crippen molar-refractivity contribution in [2.45, 2.75) is 19.0 Å². The van der Waals surface area contributed by atoms with Crippen molar-refractivity contribution in [3.05, 3.63) is 24.3 Å². The van der Waals surface area contributed by atoms with Crippen molar-refractivity contribution >= 4 is 27.5 Å². The zero-order valence-corrected chi connectivity index (χ0v) is 14.7. The second kappa shape index (κ2) is 6.70. The van der Waals surface area contributed by atoms with Gasteiger partial charge in [-0.05, 0) is 30.2 Å². The van der Waals surface area contributed by atoms with Crippen molar-refractivity contribution in [1.82, 2.24) is 14.8 Å². The van der Waals surface area contributed by atoms with Gasteiger partial charge >= 0.3 is 0 Å². The van der Waals surface area contributed by atoms with Gasteiger partial charge in [0.1, 0.15) is 0 Å². The minimum atomic E-state index is -3.26. The maximum Gasteiger partial charge on any atom is 0.229 e. The zero-order valence-electron chi connectivity index (χ0n) is 13.1. The molecule has 0 bridgehead atoms. The highest BCUT2D eigenvalue weighted by Gasteiger charge is 2.12. The predicted octanol–water partition coefficient (Wildman–Crippen LogP) is 2.60. The molecule has 1 heterocycles. The van der Waals surface area contributed by atoms with Gasteiger partial charge in [0.2, 0.25) is 10.0 Å². The molecule has 2 aromatic rings. The first kappa shape index (κ1) is 16.8. The molecule has 8 heteroatoms. The van der Waals surface area contributed by atoms with Crippen LogP contribution in [0.1, 0.15) is 13.8 Å². The second-order valence-electron chi connectivity index (χ2n) is 5.52. The van der Waals surface area contributed by atoms with Crippen molar-refractivity contribution in [2.75, 3.05) is 16.7 Å². The summed E-state index contributed by atoms with van der Waals surface area (Å²) in [7, 11) is -1.33. The zero-order chi connectivity index (χ0) is 16.3. The minimum Gasteiger partial charge on any atom is -0.305 e. The van der Waals surface area contributed by atoms with Crippen molar-refractivity contribution in [3.8, 4) is 11.4 Å². The Morgan fingerprint density at radius 3 is 2.41 bits per heavy atom. The number of thioether (sulfide) groups is 1. The van der Waals surface area contributed by atoms with E-state index in [9.17, 15) is 8.42 Å². The number of nitrogens with zero attached hydrogens (tertiary/aromatic N) is 3. The lowest BCUT2D eigenvalue weighted by Crippen LogP contribution is -2.09. The van der Waals surface area contributed by atoms with Gasteiger partial charge < -0.3 is 4.57 Å². The molecule has 0 radical (unpaired) electrons. The summed E-state index contributed by atoms with van der Waals surface area (Å²) in [4.78, 5) is 0. The SMILES string of the molecule is CC(C)CSc1nnc(-c2ccc(NS(C)(=O)=O)cc2)n1C. The summed E-state index contributed by atoms with van der Waals surface area (Å²) in [6.45, 7) is 4.33. The average molecular weight is 340 g/mol. The molecular formula is C14H20N4O2S2. The number of hydrogen-bond acceptors (Lipinski definition) is 5. The number of rotatable bonds is 6. The van der Waals surface area contributed by atoms with Crippen molar-refractivity contribution in [1.29, 1.82) is 0 Å². The highest BCUT2D eigenvalue weighted by molar-refractivity contribution is 7.99. The molecule has 120 valence electrons. The van der Waals surface area contributed by atoms with Gasteiger partial charge in [0.15, 0.2) is 11.0 Å². The molecule has 0 unspecified atom stereocenters. The Bertz CT molecular complexity index is 737. The third-order valence-corrected chi connectivity index (χ3v) is 4.88. The average Bonchev–Trinajstić information content (AvgIpc) is 2.77. The molecule has 6 nitrogen and oxygen atoms in total. The third-order valence-electron chi connectivity index (χ3n) is 2.83. The first-order chi connectivity index (χ1) is 10.3. The number of benzene rings is 1. The Morgan fingerprint density at radius 1 is 1.23 bits per heavy atom. The predicted molar refractivity (Wildman–Crippen MR) is 90.5 cm³/mol. The van der Waals surface area contributed by atoms with E-state index < -0.39 is 10.0 Å². The normalized spacial score (nSPS) is 11.9. The van der Waals surface area contributed by atoms with E-state index in [4.69, 9.17) is 0 Å². The van der Waals surface area contributed by atoms with Gasteiger partial charge in [-0.25, -0.2) is 8.42 Å². The van der Waals surface area contributed by atoms with Gasteiger partial charge in [-0.2, -0.15) is 0 Å². The summed E-state index contributed by atoms with van der Waals surface area (Å²) in [5, 5.41) is 9.31. The second-order valence-corrected chi connectivity index (χ2v) is 8.26. The van der Waals surface area contributed by atoms with Crippen molar-refractivity contribution in [2.24, 2.45) is 13.0 Å². The minimum absolute atomic E-state index is 0.530. The quantitative estimate of drug-likeness (QED) is 0.818. The maximum atomic E-state index is 11.2. The standard InChI is InChI=1S/C14H20N4O2S2/c1-10(2)9-21-14-16-15-13(18(14)3)11-5-7-12(8-6-11)17-22(4,19)20/h5-8,10,17H,9H2,1-4H3. The summed E-state index contributed by atoms with van der Waals surface area (Å²) in [6.07, 6.45) is 1.13. The first-order valence-electron chi connectivity index (χ1n) is 6.86. The van der Waals surface area contributed by atoms with Gasteiger partial charge in [-0.1, -0.05) is 25.6 Å². The number of hydrogen-bond donors (Lipinski definition) is 1. The first-order valence-corrected chi connectivity index (χ1v) is 9.74. The lowest BCUT2D eigenvalue weighted by Gasteiger charge is -2.07. The van der Waals surface area contributed by atoms with E-state index in [0.29, 0.717) is 11.6 Å². The fourth-order valence-corrected chi connectivity index (χ4v) is 3.26. The monoisotopic (exact) mass is 340 g/mol. The Labute approximate surface area is 135 Å². The van der Waals surface area contributed by atoms with Crippen LogP contribution in [0.4, 0.5) is 5.69 Å². The Hall–Kier alpha value is -1.54. The Kier molecular flexibility index (Phi) is 5.12. The van der Waals surface area contributed by atoms with Gasteiger partial charge in [-0.3, -0.25) is 4.72 Å². The van der Waals surface area contributed by atoms with Crippen LogP contribution in [0.25, 0.3) is 11.4 Å². The van der Waals surface area contributed by atoms with E-state index in [1.165, 1.54) is 0 Å². The molecule has 1 aromatic carbocycles. The molecule has 0 aliphatic carbocycles. The van der Waals surface area contributed by atoms with Crippen molar-refractivity contribution < 1.29 is 8.42 Å². The maximum absolute atomic E-state index is 11.2. The smallest absolute Gasteiger partial charge is 0.229 e. The summed E-state index contributed by atoms with van der Waals surface area (Å²) >= 11 is 1.68. The van der Waals surface area contributed by atoms with Crippen LogP contribution in [0.3, 0.4) is 0 Å². The van der Waals surface area contributed by atoms with Crippen LogP contribution in [0, 0.1) is 5.92 Å². The Balaban J connectivity index is 2.18. The van der Waals surface area contributed by atoms with E-state index in [2.05, 4.69) is 28.8 Å². The van der Waals surface area contributed by atoms with Crippen LogP contribution in [0.5, 0.6) is 0 Å². The number of sulfonamides is 1. The number of nitrogens with one attached hydrogen (secondary N) is 1. The summed E-state index contributed by atoms with van der Waals surface area (Å²) in [5.41, 5.74) is 1.42. The van der Waals surface area contributed by atoms with Crippen LogP contribution in [-0.2, 0) is 17.1 Å². The van der Waals surface area contributed by atoms with Crippen LogP contribution < -0.4 is 4.72 Å². The van der Waals surface area contributed by atoms with Crippen molar-refractivity contribution in [3.63, 3.8) is 0 Å². The van der Waals surface area contributed by atoms with Gasteiger partial charge in [0, 0.05) is 24.1 Å². The largest absolute Gasteiger partial charge is 0.305 e. The van der Waals surface area contributed by atoms with E-state index >= 15 is 0 Å².